The fourth-order valence-corrected chi connectivity index (χ4v) is 4.53. The van der Waals surface area contributed by atoms with Gasteiger partial charge in [-0.15, -0.1) is 0 Å². The summed E-state index contributed by atoms with van der Waals surface area (Å²) in [7, 11) is 1.75. The van der Waals surface area contributed by atoms with Gasteiger partial charge in [-0.2, -0.15) is 0 Å². The van der Waals surface area contributed by atoms with Gasteiger partial charge in [0, 0.05) is 46.6 Å². The Morgan fingerprint density at radius 1 is 0.800 bits per heavy atom. The molecule has 0 bridgehead atoms. The lowest BCUT2D eigenvalue weighted by Gasteiger charge is -2.17. The first-order valence-corrected chi connectivity index (χ1v) is 9.90. The van der Waals surface area contributed by atoms with Crippen LogP contribution in [0.25, 0.3) is 60.7 Å². The van der Waals surface area contributed by atoms with Crippen LogP contribution >= 0.6 is 0 Å². The summed E-state index contributed by atoms with van der Waals surface area (Å²) in [6.07, 6.45) is 7.44. The molecule has 0 aliphatic rings. The second-order valence-corrected chi connectivity index (χ2v) is 7.42. The van der Waals surface area contributed by atoms with E-state index in [1.54, 1.807) is 13.3 Å². The van der Waals surface area contributed by atoms with Crippen LogP contribution in [0.15, 0.2) is 74.6 Å². The molecule has 6 aromatic rings. The molecule has 0 spiro atoms. The lowest BCUT2D eigenvalue weighted by molar-refractivity contribution is 0.589. The number of pyridine rings is 1. The van der Waals surface area contributed by atoms with Crippen molar-refractivity contribution < 1.29 is 8.83 Å². The van der Waals surface area contributed by atoms with E-state index in [1.165, 1.54) is 0 Å². The maximum Gasteiger partial charge on any atom is 0.153 e. The minimum atomic E-state index is 0.778. The Morgan fingerprint density at radius 2 is 1.50 bits per heavy atom. The van der Waals surface area contributed by atoms with E-state index in [4.69, 9.17) is 13.8 Å². The molecule has 30 heavy (non-hydrogen) atoms. The zero-order chi connectivity index (χ0) is 20.2. The molecule has 3 heterocycles. The molecule has 0 N–H and O–H groups in total. The van der Waals surface area contributed by atoms with Crippen LogP contribution in [0, 0.1) is 6.92 Å². The summed E-state index contributed by atoms with van der Waals surface area (Å²) in [6.45, 7) is 2.11. The topological polar surface area (TPSA) is 51.5 Å². The number of aryl methyl sites for hydroxylation is 1. The van der Waals surface area contributed by atoms with Gasteiger partial charge in [0.25, 0.3) is 0 Å². The largest absolute Gasteiger partial charge is 0.456 e. The molecule has 0 radical (unpaired) electrons. The smallest absolute Gasteiger partial charge is 0.153 e. The summed E-state index contributed by atoms with van der Waals surface area (Å²) in [5, 5.41) is 6.79. The monoisotopic (exact) mass is 390 g/mol. The highest BCUT2D eigenvalue weighted by atomic mass is 16.3. The van der Waals surface area contributed by atoms with Gasteiger partial charge in [-0.1, -0.05) is 24.3 Å². The SMILES string of the molecule is C/N=C/C=C\c1oc2cccc3c4cccc5oc6cccnc6c(c(c1C)c23)c54. The van der Waals surface area contributed by atoms with E-state index in [-0.39, 0.29) is 0 Å². The van der Waals surface area contributed by atoms with Gasteiger partial charge in [-0.05, 0) is 54.1 Å². The lowest BCUT2D eigenvalue weighted by Crippen LogP contribution is -1.93. The van der Waals surface area contributed by atoms with E-state index >= 15 is 0 Å². The highest BCUT2D eigenvalue weighted by molar-refractivity contribution is 6.36. The van der Waals surface area contributed by atoms with Crippen LogP contribution in [0.5, 0.6) is 0 Å². The molecule has 3 aromatic carbocycles. The van der Waals surface area contributed by atoms with Gasteiger partial charge in [0.2, 0.25) is 0 Å². The van der Waals surface area contributed by atoms with Gasteiger partial charge in [-0.3, -0.25) is 9.98 Å². The van der Waals surface area contributed by atoms with Crippen molar-refractivity contribution in [1.29, 1.82) is 0 Å². The zero-order valence-electron chi connectivity index (χ0n) is 16.6. The molecule has 0 atom stereocenters. The first-order chi connectivity index (χ1) is 14.8. The quantitative estimate of drug-likeness (QED) is 0.181. The van der Waals surface area contributed by atoms with Crippen LogP contribution in [0.1, 0.15) is 11.3 Å². The molecule has 0 aliphatic carbocycles. The number of rotatable bonds is 2. The number of fused-ring (bicyclic) bond motifs is 4. The minimum absolute atomic E-state index is 0.778. The van der Waals surface area contributed by atoms with Crippen molar-refractivity contribution in [2.45, 2.75) is 6.92 Å². The predicted octanol–water partition coefficient (Wildman–Crippen LogP) is 7.06. The second-order valence-electron chi connectivity index (χ2n) is 7.42. The minimum Gasteiger partial charge on any atom is -0.456 e. The van der Waals surface area contributed by atoms with Gasteiger partial charge in [0.05, 0.1) is 0 Å². The molecule has 0 saturated heterocycles. The molecule has 0 fully saturated rings. The molecule has 3 aromatic heterocycles. The molecule has 4 nitrogen and oxygen atoms in total. The van der Waals surface area contributed by atoms with Crippen molar-refractivity contribution in [2.24, 2.45) is 4.99 Å². The third-order valence-corrected chi connectivity index (χ3v) is 5.77. The van der Waals surface area contributed by atoms with E-state index < -0.39 is 0 Å². The summed E-state index contributed by atoms with van der Waals surface area (Å²) in [6, 6.07) is 16.3. The summed E-state index contributed by atoms with van der Waals surface area (Å²) in [5.74, 6) is 0.812. The molecular weight excluding hydrogens is 372 g/mol. The van der Waals surface area contributed by atoms with E-state index in [0.717, 1.165) is 65.9 Å². The number of hydrogen-bond donors (Lipinski definition) is 0. The number of allylic oxidation sites excluding steroid dienone is 1. The molecule has 144 valence electrons. The number of benzene rings is 3. The Labute approximate surface area is 172 Å². The van der Waals surface area contributed by atoms with Crippen molar-refractivity contribution in [3.05, 3.63) is 72.1 Å². The van der Waals surface area contributed by atoms with E-state index in [0.29, 0.717) is 0 Å². The molecule has 0 unspecified atom stereocenters. The van der Waals surface area contributed by atoms with Crippen LogP contribution in [0.4, 0.5) is 0 Å². The van der Waals surface area contributed by atoms with Crippen molar-refractivity contribution in [1.82, 2.24) is 4.98 Å². The summed E-state index contributed by atoms with van der Waals surface area (Å²) >= 11 is 0. The molecule has 4 heteroatoms. The Hall–Kier alpha value is -3.92. The lowest BCUT2D eigenvalue weighted by atomic mass is 9.90. The van der Waals surface area contributed by atoms with Gasteiger partial charge in [0.1, 0.15) is 22.4 Å². The van der Waals surface area contributed by atoms with Gasteiger partial charge < -0.3 is 8.83 Å². The van der Waals surface area contributed by atoms with Crippen molar-refractivity contribution in [2.75, 3.05) is 7.05 Å². The fraction of sp³-hybridized carbons (Fsp3) is 0.0769. The van der Waals surface area contributed by atoms with Crippen molar-refractivity contribution in [3.8, 4) is 0 Å². The Morgan fingerprint density at radius 3 is 2.27 bits per heavy atom. The van der Waals surface area contributed by atoms with E-state index in [9.17, 15) is 0 Å². The Balaban J connectivity index is 1.98. The predicted molar refractivity (Wildman–Crippen MR) is 124 cm³/mol. The van der Waals surface area contributed by atoms with Crippen LogP contribution in [0.3, 0.4) is 0 Å². The van der Waals surface area contributed by atoms with Crippen molar-refractivity contribution in [3.63, 3.8) is 0 Å². The average Bonchev–Trinajstić information content (AvgIpc) is 2.78. The van der Waals surface area contributed by atoms with Crippen LogP contribution in [-0.4, -0.2) is 18.2 Å². The number of hydrogen-bond acceptors (Lipinski definition) is 4. The third-order valence-electron chi connectivity index (χ3n) is 5.77. The summed E-state index contributed by atoms with van der Waals surface area (Å²) in [4.78, 5) is 8.76. The Kier molecular flexibility index (Phi) is 3.56. The highest BCUT2D eigenvalue weighted by Gasteiger charge is 2.20. The van der Waals surface area contributed by atoms with Crippen LogP contribution in [-0.2, 0) is 0 Å². The van der Waals surface area contributed by atoms with Crippen LogP contribution in [0.2, 0.25) is 0 Å². The van der Waals surface area contributed by atoms with Crippen molar-refractivity contribution >= 4 is 66.9 Å². The van der Waals surface area contributed by atoms with Gasteiger partial charge >= 0.3 is 0 Å². The maximum absolute atomic E-state index is 6.33. The molecule has 0 saturated carbocycles. The third kappa shape index (κ3) is 2.22. The van der Waals surface area contributed by atoms with Crippen LogP contribution < -0.4 is 0 Å². The molecule has 0 aliphatic heterocycles. The fourth-order valence-electron chi connectivity index (χ4n) is 4.53. The summed E-state index contributed by atoms with van der Waals surface area (Å²) < 4.78 is 12.6. The Bertz CT molecular complexity index is 1670. The first-order valence-electron chi connectivity index (χ1n) is 9.90. The number of nitrogens with zero attached hydrogens (tertiary/aromatic N) is 2. The van der Waals surface area contributed by atoms with E-state index in [2.05, 4.69) is 24.0 Å². The molecule has 6 rings (SSSR count). The number of aromatic nitrogens is 1. The summed E-state index contributed by atoms with van der Waals surface area (Å²) in [5.41, 5.74) is 4.44. The zero-order valence-corrected chi connectivity index (χ0v) is 16.6. The van der Waals surface area contributed by atoms with Gasteiger partial charge in [-0.25, -0.2) is 0 Å². The molecule has 0 amide bonds. The molecular formula is C26H18N2O2. The standard InChI is InChI=1S/C26H18N2O2/c1-15-18(11-5-13-27-2)29-19-9-3-7-16-17-8-4-10-20-24(17)25(22(15)23(16)19)26-21(30-20)12-6-14-28-26/h3-14H,1-2H3/b11-5-,27-13+. The first kappa shape index (κ1) is 17.0. The number of aliphatic imine (C=N–C) groups is 1. The maximum atomic E-state index is 6.33. The highest BCUT2D eigenvalue weighted by Crippen LogP contribution is 2.44. The van der Waals surface area contributed by atoms with E-state index in [1.807, 2.05) is 54.7 Å². The average molecular weight is 390 g/mol. The van der Waals surface area contributed by atoms with Gasteiger partial charge in [0.15, 0.2) is 5.58 Å². The normalized spacial score (nSPS) is 12.7. The second kappa shape index (κ2) is 6.29.